The largest absolute Gasteiger partial charge is 0.307 e. The Kier molecular flexibility index (Phi) is 4.06. The molecule has 1 N–H and O–H groups in total. The second kappa shape index (κ2) is 6.86. The highest BCUT2D eigenvalue weighted by molar-refractivity contribution is 7.15. The first-order valence-electron chi connectivity index (χ1n) is 8.82. The molecule has 0 atom stereocenters. The molecular weight excluding hydrogens is 368 g/mol. The van der Waals surface area contributed by atoms with Crippen molar-refractivity contribution >= 4 is 28.1 Å². The van der Waals surface area contributed by atoms with Crippen LogP contribution < -0.4 is 5.32 Å². The van der Waals surface area contributed by atoms with Gasteiger partial charge in [0.1, 0.15) is 12.1 Å². The van der Waals surface area contributed by atoms with E-state index >= 15 is 0 Å². The van der Waals surface area contributed by atoms with E-state index in [1.165, 1.54) is 5.56 Å². The smallest absolute Gasteiger partial charge is 0.249 e. The van der Waals surface area contributed by atoms with Crippen LogP contribution in [0.4, 0.5) is 11.8 Å². The highest BCUT2D eigenvalue weighted by Gasteiger charge is 2.12. The lowest BCUT2D eigenvalue weighted by Gasteiger charge is -2.04. The zero-order valence-electron chi connectivity index (χ0n) is 15.1. The highest BCUT2D eigenvalue weighted by Crippen LogP contribution is 2.27. The molecule has 5 aromatic rings. The molecule has 0 saturated carbocycles. The summed E-state index contributed by atoms with van der Waals surface area (Å²) in [6.45, 7) is 2.08. The Morgan fingerprint density at radius 1 is 0.929 bits per heavy atom. The molecular formula is C21H16N6S. The highest BCUT2D eigenvalue weighted by atomic mass is 32.1. The number of hydrogen-bond donors (Lipinski definition) is 1. The number of aryl methyl sites for hydroxylation is 1. The molecule has 3 aromatic heterocycles. The molecule has 0 aliphatic heterocycles. The van der Waals surface area contributed by atoms with Crippen LogP contribution in [0.3, 0.4) is 0 Å². The van der Waals surface area contributed by atoms with Gasteiger partial charge in [-0.15, -0.1) is 16.4 Å². The van der Waals surface area contributed by atoms with Crippen LogP contribution in [-0.4, -0.2) is 24.6 Å². The lowest BCUT2D eigenvalue weighted by molar-refractivity contribution is 0.986. The molecule has 2 aromatic carbocycles. The first kappa shape index (κ1) is 16.6. The van der Waals surface area contributed by atoms with Crippen molar-refractivity contribution in [2.45, 2.75) is 6.92 Å². The SMILES string of the molecule is Cc1ccc(-c2csc3nc(Nc4cc(-c5ccccc5)ncn4)nn23)cc1. The van der Waals surface area contributed by atoms with E-state index in [0.717, 1.165) is 27.5 Å². The van der Waals surface area contributed by atoms with Crippen LogP contribution in [0.15, 0.2) is 72.4 Å². The standard InChI is InChI=1S/C21H16N6S/c1-14-7-9-16(10-8-14)18-12-28-21-25-20(26-27(18)21)24-19-11-17(22-13-23-19)15-5-3-2-4-6-15/h2-13H,1H3,(H,22,23,24,26). The first-order chi connectivity index (χ1) is 13.8. The molecule has 0 spiro atoms. The molecule has 136 valence electrons. The summed E-state index contributed by atoms with van der Waals surface area (Å²) in [4.78, 5) is 14.0. The normalized spacial score (nSPS) is 11.0. The number of benzene rings is 2. The minimum Gasteiger partial charge on any atom is -0.307 e. The van der Waals surface area contributed by atoms with E-state index in [1.54, 1.807) is 17.7 Å². The average Bonchev–Trinajstić information content (AvgIpc) is 3.30. The third-order valence-corrected chi connectivity index (χ3v) is 5.22. The number of nitrogens with zero attached hydrogens (tertiary/aromatic N) is 5. The molecule has 28 heavy (non-hydrogen) atoms. The van der Waals surface area contributed by atoms with Crippen LogP contribution in [0.1, 0.15) is 5.56 Å². The molecule has 0 bridgehead atoms. The Bertz CT molecular complexity index is 1240. The van der Waals surface area contributed by atoms with Crippen LogP contribution in [-0.2, 0) is 0 Å². The Balaban J connectivity index is 1.46. The number of anilines is 2. The number of fused-ring (bicyclic) bond motifs is 1. The van der Waals surface area contributed by atoms with Crippen molar-refractivity contribution in [2.24, 2.45) is 0 Å². The maximum absolute atomic E-state index is 4.61. The second-order valence-corrected chi connectivity index (χ2v) is 7.23. The van der Waals surface area contributed by atoms with E-state index in [4.69, 9.17) is 0 Å². The monoisotopic (exact) mass is 384 g/mol. The number of rotatable bonds is 4. The zero-order valence-corrected chi connectivity index (χ0v) is 15.9. The van der Waals surface area contributed by atoms with Crippen molar-refractivity contribution in [3.63, 3.8) is 0 Å². The molecule has 7 heteroatoms. The van der Waals surface area contributed by atoms with Crippen molar-refractivity contribution in [2.75, 3.05) is 5.32 Å². The quantitative estimate of drug-likeness (QED) is 0.474. The fourth-order valence-corrected chi connectivity index (χ4v) is 3.80. The van der Waals surface area contributed by atoms with Gasteiger partial charge in [0.2, 0.25) is 10.9 Å². The van der Waals surface area contributed by atoms with Crippen LogP contribution in [0, 0.1) is 6.92 Å². The number of nitrogens with one attached hydrogen (secondary N) is 1. The number of aromatic nitrogens is 5. The summed E-state index contributed by atoms with van der Waals surface area (Å²) in [7, 11) is 0. The van der Waals surface area contributed by atoms with Gasteiger partial charge >= 0.3 is 0 Å². The van der Waals surface area contributed by atoms with Crippen molar-refractivity contribution in [1.82, 2.24) is 24.6 Å². The third kappa shape index (κ3) is 3.12. The third-order valence-electron chi connectivity index (χ3n) is 4.41. The Morgan fingerprint density at radius 2 is 1.75 bits per heavy atom. The van der Waals surface area contributed by atoms with Crippen molar-refractivity contribution in [1.29, 1.82) is 0 Å². The fourth-order valence-electron chi connectivity index (χ4n) is 2.96. The fraction of sp³-hybridized carbons (Fsp3) is 0.0476. The Hall–Kier alpha value is -3.58. The number of hydrogen-bond acceptors (Lipinski definition) is 6. The van der Waals surface area contributed by atoms with Crippen LogP contribution in [0.25, 0.3) is 27.5 Å². The van der Waals surface area contributed by atoms with Crippen LogP contribution in [0.5, 0.6) is 0 Å². The van der Waals surface area contributed by atoms with Gasteiger partial charge in [0.15, 0.2) is 0 Å². The van der Waals surface area contributed by atoms with E-state index in [0.29, 0.717) is 11.8 Å². The van der Waals surface area contributed by atoms with Gasteiger partial charge in [-0.05, 0) is 6.92 Å². The van der Waals surface area contributed by atoms with Gasteiger partial charge in [-0.3, -0.25) is 0 Å². The predicted molar refractivity (Wildman–Crippen MR) is 112 cm³/mol. The van der Waals surface area contributed by atoms with E-state index in [2.05, 4.69) is 61.9 Å². The molecule has 0 amide bonds. The molecule has 0 fully saturated rings. The second-order valence-electron chi connectivity index (χ2n) is 6.40. The summed E-state index contributed by atoms with van der Waals surface area (Å²) >= 11 is 1.56. The minimum absolute atomic E-state index is 0.512. The summed E-state index contributed by atoms with van der Waals surface area (Å²) in [6, 6.07) is 20.3. The summed E-state index contributed by atoms with van der Waals surface area (Å²) in [6.07, 6.45) is 1.54. The van der Waals surface area contributed by atoms with Gasteiger partial charge in [-0.1, -0.05) is 60.2 Å². The molecule has 0 aliphatic rings. The molecule has 0 aliphatic carbocycles. The van der Waals surface area contributed by atoms with Gasteiger partial charge < -0.3 is 5.32 Å². The number of thiazole rings is 1. The van der Waals surface area contributed by atoms with Crippen molar-refractivity contribution in [3.8, 4) is 22.5 Å². The van der Waals surface area contributed by atoms with Crippen molar-refractivity contribution < 1.29 is 0 Å². The average molecular weight is 384 g/mol. The van der Waals surface area contributed by atoms with E-state index in [1.807, 2.05) is 40.9 Å². The van der Waals surface area contributed by atoms with E-state index in [-0.39, 0.29) is 0 Å². The molecule has 3 heterocycles. The van der Waals surface area contributed by atoms with Gasteiger partial charge in [-0.2, -0.15) is 4.98 Å². The molecule has 5 rings (SSSR count). The Morgan fingerprint density at radius 3 is 2.57 bits per heavy atom. The predicted octanol–water partition coefficient (Wildman–Crippen LogP) is 4.97. The minimum atomic E-state index is 0.512. The van der Waals surface area contributed by atoms with E-state index in [9.17, 15) is 0 Å². The maximum atomic E-state index is 4.61. The van der Waals surface area contributed by atoms with Gasteiger partial charge in [0.05, 0.1) is 11.4 Å². The lowest BCUT2D eigenvalue weighted by Crippen LogP contribution is -1.98. The maximum Gasteiger partial charge on any atom is 0.249 e. The van der Waals surface area contributed by atoms with E-state index < -0.39 is 0 Å². The molecule has 0 radical (unpaired) electrons. The first-order valence-corrected chi connectivity index (χ1v) is 9.70. The molecule has 0 unspecified atom stereocenters. The molecule has 0 saturated heterocycles. The van der Waals surface area contributed by atoms with Crippen LogP contribution in [0.2, 0.25) is 0 Å². The summed E-state index contributed by atoms with van der Waals surface area (Å²) in [5.74, 6) is 1.17. The van der Waals surface area contributed by atoms with Crippen molar-refractivity contribution in [3.05, 3.63) is 77.9 Å². The van der Waals surface area contributed by atoms with Gasteiger partial charge in [-0.25, -0.2) is 14.5 Å². The molecule has 6 nitrogen and oxygen atoms in total. The summed E-state index contributed by atoms with van der Waals surface area (Å²) in [5, 5.41) is 9.87. The Labute approximate surface area is 165 Å². The zero-order chi connectivity index (χ0) is 18.9. The van der Waals surface area contributed by atoms with Crippen LogP contribution >= 0.6 is 11.3 Å². The van der Waals surface area contributed by atoms with Gasteiger partial charge in [0, 0.05) is 22.6 Å². The summed E-state index contributed by atoms with van der Waals surface area (Å²) < 4.78 is 1.86. The summed E-state index contributed by atoms with van der Waals surface area (Å²) in [5.41, 5.74) is 5.25. The van der Waals surface area contributed by atoms with Gasteiger partial charge in [0.25, 0.3) is 0 Å². The lowest BCUT2D eigenvalue weighted by atomic mass is 10.1. The topological polar surface area (TPSA) is 68.0 Å².